The molecule has 2 amide bonds. The van der Waals surface area contributed by atoms with E-state index in [0.29, 0.717) is 11.1 Å². The molecule has 3 heteroatoms. The quantitative estimate of drug-likeness (QED) is 0.767. The summed E-state index contributed by atoms with van der Waals surface area (Å²) in [5.41, 5.74) is 1.87. The number of rotatable bonds is 2. The number of hydrogen-bond acceptors (Lipinski definition) is 2. The third-order valence-corrected chi connectivity index (χ3v) is 3.04. The summed E-state index contributed by atoms with van der Waals surface area (Å²) in [5, 5.41) is 0. The first-order chi connectivity index (χ1) is 9.27. The fraction of sp³-hybridized carbons (Fsp3) is 0. The molecule has 0 bridgehead atoms. The Hall–Kier alpha value is -2.68. The molecule has 0 saturated carbocycles. The van der Waals surface area contributed by atoms with Gasteiger partial charge < -0.3 is 0 Å². The Kier molecular flexibility index (Phi) is 2.72. The van der Waals surface area contributed by atoms with Crippen LogP contribution in [0, 0.1) is 0 Å². The summed E-state index contributed by atoms with van der Waals surface area (Å²) >= 11 is 0. The largest absolute Gasteiger partial charge is 0.268 e. The van der Waals surface area contributed by atoms with Crippen LogP contribution in [0.1, 0.15) is 26.3 Å². The van der Waals surface area contributed by atoms with Crippen molar-refractivity contribution in [3.8, 4) is 0 Å². The van der Waals surface area contributed by atoms with Crippen molar-refractivity contribution in [3.05, 3.63) is 77.5 Å². The molecule has 0 unspecified atom stereocenters. The lowest BCUT2D eigenvalue weighted by Gasteiger charge is -2.06. The van der Waals surface area contributed by atoms with Gasteiger partial charge >= 0.3 is 0 Å². The van der Waals surface area contributed by atoms with Crippen LogP contribution in [0.3, 0.4) is 0 Å². The maximum absolute atomic E-state index is 12.1. The highest BCUT2D eigenvalue weighted by molar-refractivity contribution is 6.22. The summed E-state index contributed by atoms with van der Waals surface area (Å²) in [4.78, 5) is 25.3. The minimum atomic E-state index is -0.271. The molecular formula is C16H11NO2. The van der Waals surface area contributed by atoms with Crippen LogP contribution in [-0.2, 0) is 0 Å². The standard InChI is InChI=1S/C16H11NO2/c18-15-13-8-4-5-9-14(13)16(19)17(15)11-10-12-6-2-1-3-7-12/h1-11H/b11-10-. The minimum Gasteiger partial charge on any atom is -0.268 e. The highest BCUT2D eigenvalue weighted by Crippen LogP contribution is 2.22. The Balaban J connectivity index is 1.91. The van der Waals surface area contributed by atoms with Gasteiger partial charge in [0.1, 0.15) is 0 Å². The second-order valence-corrected chi connectivity index (χ2v) is 4.25. The van der Waals surface area contributed by atoms with E-state index in [4.69, 9.17) is 0 Å². The molecule has 3 rings (SSSR count). The van der Waals surface area contributed by atoms with Crippen LogP contribution in [0.25, 0.3) is 6.08 Å². The normalized spacial score (nSPS) is 14.2. The number of amides is 2. The smallest absolute Gasteiger partial charge is 0.265 e. The van der Waals surface area contributed by atoms with Gasteiger partial charge in [-0.05, 0) is 23.8 Å². The molecule has 2 aromatic carbocycles. The zero-order chi connectivity index (χ0) is 13.2. The van der Waals surface area contributed by atoms with Gasteiger partial charge in [-0.3, -0.25) is 9.59 Å². The van der Waals surface area contributed by atoms with Crippen LogP contribution in [0.4, 0.5) is 0 Å². The number of fused-ring (bicyclic) bond motifs is 1. The van der Waals surface area contributed by atoms with Gasteiger partial charge in [-0.25, -0.2) is 4.90 Å². The number of carbonyl (C=O) groups is 2. The van der Waals surface area contributed by atoms with E-state index in [1.165, 1.54) is 6.20 Å². The van der Waals surface area contributed by atoms with E-state index in [1.54, 1.807) is 30.3 Å². The molecule has 3 nitrogen and oxygen atoms in total. The van der Waals surface area contributed by atoms with E-state index in [-0.39, 0.29) is 11.8 Å². The van der Waals surface area contributed by atoms with E-state index < -0.39 is 0 Å². The van der Waals surface area contributed by atoms with Crippen molar-refractivity contribution in [1.82, 2.24) is 4.90 Å². The first-order valence-corrected chi connectivity index (χ1v) is 5.97. The van der Waals surface area contributed by atoms with E-state index in [9.17, 15) is 9.59 Å². The Morgan fingerprint density at radius 3 is 1.84 bits per heavy atom. The predicted molar refractivity (Wildman–Crippen MR) is 72.4 cm³/mol. The topological polar surface area (TPSA) is 37.4 Å². The average Bonchev–Trinajstić information content (AvgIpc) is 2.71. The first kappa shape index (κ1) is 11.4. The van der Waals surface area contributed by atoms with Crippen molar-refractivity contribution < 1.29 is 9.59 Å². The zero-order valence-electron chi connectivity index (χ0n) is 10.1. The Morgan fingerprint density at radius 2 is 1.26 bits per heavy atom. The van der Waals surface area contributed by atoms with E-state index in [0.717, 1.165) is 10.5 Å². The van der Waals surface area contributed by atoms with Crippen molar-refractivity contribution in [2.45, 2.75) is 0 Å². The molecule has 0 atom stereocenters. The Morgan fingerprint density at radius 1 is 0.737 bits per heavy atom. The first-order valence-electron chi connectivity index (χ1n) is 5.97. The number of hydrogen-bond donors (Lipinski definition) is 0. The molecule has 1 aliphatic heterocycles. The van der Waals surface area contributed by atoms with Gasteiger partial charge in [0.15, 0.2) is 0 Å². The summed E-state index contributed by atoms with van der Waals surface area (Å²) in [6.07, 6.45) is 3.28. The van der Waals surface area contributed by atoms with Crippen molar-refractivity contribution >= 4 is 17.9 Å². The molecule has 0 aromatic heterocycles. The Bertz CT molecular complexity index is 639. The molecule has 0 saturated heterocycles. The predicted octanol–water partition coefficient (Wildman–Crippen LogP) is 2.95. The highest BCUT2D eigenvalue weighted by Gasteiger charge is 2.33. The number of carbonyl (C=O) groups excluding carboxylic acids is 2. The van der Waals surface area contributed by atoms with Crippen molar-refractivity contribution in [1.29, 1.82) is 0 Å². The van der Waals surface area contributed by atoms with Crippen molar-refractivity contribution in [3.63, 3.8) is 0 Å². The van der Waals surface area contributed by atoms with E-state index in [1.807, 2.05) is 30.3 Å². The molecule has 19 heavy (non-hydrogen) atoms. The van der Waals surface area contributed by atoms with E-state index >= 15 is 0 Å². The molecule has 0 fully saturated rings. The van der Waals surface area contributed by atoms with Crippen molar-refractivity contribution in [2.24, 2.45) is 0 Å². The number of nitrogens with zero attached hydrogens (tertiary/aromatic N) is 1. The lowest BCUT2D eigenvalue weighted by Crippen LogP contribution is -2.23. The fourth-order valence-corrected chi connectivity index (χ4v) is 2.07. The summed E-state index contributed by atoms with van der Waals surface area (Å²) in [6.45, 7) is 0. The lowest BCUT2D eigenvalue weighted by atomic mass is 10.1. The van der Waals surface area contributed by atoms with Crippen LogP contribution in [0.2, 0.25) is 0 Å². The molecule has 1 heterocycles. The van der Waals surface area contributed by atoms with Crippen LogP contribution >= 0.6 is 0 Å². The third kappa shape index (κ3) is 1.95. The summed E-state index contributed by atoms with van der Waals surface area (Å²) < 4.78 is 0. The molecule has 0 radical (unpaired) electrons. The van der Waals surface area contributed by atoms with Crippen LogP contribution in [0.15, 0.2) is 60.8 Å². The van der Waals surface area contributed by atoms with Gasteiger partial charge in [0.2, 0.25) is 0 Å². The summed E-state index contributed by atoms with van der Waals surface area (Å²) in [6, 6.07) is 16.4. The van der Waals surface area contributed by atoms with Gasteiger partial charge in [-0.15, -0.1) is 0 Å². The Labute approximate surface area is 110 Å². The minimum absolute atomic E-state index is 0.271. The van der Waals surface area contributed by atoms with Gasteiger partial charge in [-0.1, -0.05) is 42.5 Å². The third-order valence-electron chi connectivity index (χ3n) is 3.04. The maximum Gasteiger partial charge on any atom is 0.265 e. The molecule has 92 valence electrons. The van der Waals surface area contributed by atoms with Crippen molar-refractivity contribution in [2.75, 3.05) is 0 Å². The zero-order valence-corrected chi connectivity index (χ0v) is 10.1. The highest BCUT2D eigenvalue weighted by atomic mass is 16.2. The van der Waals surface area contributed by atoms with Crippen LogP contribution in [-0.4, -0.2) is 16.7 Å². The summed E-state index contributed by atoms with van der Waals surface area (Å²) in [7, 11) is 0. The van der Waals surface area contributed by atoms with E-state index in [2.05, 4.69) is 0 Å². The monoisotopic (exact) mass is 249 g/mol. The van der Waals surface area contributed by atoms with Gasteiger partial charge in [0.05, 0.1) is 11.1 Å². The maximum atomic E-state index is 12.1. The summed E-state index contributed by atoms with van der Waals surface area (Å²) in [5.74, 6) is -0.541. The molecule has 0 aliphatic carbocycles. The average molecular weight is 249 g/mol. The van der Waals surface area contributed by atoms with Crippen LogP contribution < -0.4 is 0 Å². The van der Waals surface area contributed by atoms with Gasteiger partial charge in [-0.2, -0.15) is 0 Å². The molecule has 2 aromatic rings. The molecule has 0 spiro atoms. The number of imide groups is 1. The second kappa shape index (κ2) is 4.53. The SMILES string of the molecule is O=C1c2ccccc2C(=O)N1/C=C\c1ccccc1. The van der Waals surface area contributed by atoms with Gasteiger partial charge in [0, 0.05) is 6.20 Å². The van der Waals surface area contributed by atoms with Crippen LogP contribution in [0.5, 0.6) is 0 Å². The van der Waals surface area contributed by atoms with Gasteiger partial charge in [0.25, 0.3) is 11.8 Å². The number of benzene rings is 2. The lowest BCUT2D eigenvalue weighted by molar-refractivity contribution is 0.0722. The second-order valence-electron chi connectivity index (χ2n) is 4.25. The fourth-order valence-electron chi connectivity index (χ4n) is 2.07. The molecular weight excluding hydrogens is 238 g/mol. The molecule has 0 N–H and O–H groups in total. The molecule has 1 aliphatic rings.